The zero-order chi connectivity index (χ0) is 9.68. The minimum Gasteiger partial charge on any atom is -0.460 e. The van der Waals surface area contributed by atoms with Gasteiger partial charge in [-0.05, 0) is 26.3 Å². The van der Waals surface area contributed by atoms with Crippen LogP contribution >= 0.6 is 0 Å². The third-order valence-corrected chi connectivity index (χ3v) is 2.52. The number of esters is 1. The second-order valence-corrected chi connectivity index (χ2v) is 3.41. The molecule has 2 atom stereocenters. The van der Waals surface area contributed by atoms with Crippen molar-refractivity contribution in [2.24, 2.45) is 5.73 Å². The average molecular weight is 186 g/mol. The molecule has 13 heavy (non-hydrogen) atoms. The van der Waals surface area contributed by atoms with Crippen LogP contribution < -0.4 is 11.1 Å². The number of nitrogens with two attached hydrogens (primary N) is 1. The Balaban J connectivity index is 2.40. The van der Waals surface area contributed by atoms with Crippen molar-refractivity contribution in [1.82, 2.24) is 5.32 Å². The van der Waals surface area contributed by atoms with Gasteiger partial charge in [0.25, 0.3) is 0 Å². The third kappa shape index (κ3) is 2.97. The molecule has 1 aliphatic rings. The van der Waals surface area contributed by atoms with E-state index in [1.165, 1.54) is 6.42 Å². The number of rotatable bonds is 3. The lowest BCUT2D eigenvalue weighted by atomic mass is 9.92. The molecule has 1 saturated carbocycles. The molecular weight excluding hydrogens is 168 g/mol. The summed E-state index contributed by atoms with van der Waals surface area (Å²) in [6, 6.07) is 0.309. The number of ether oxygens (including phenoxy) is 1. The Kier molecular flexibility index (Phi) is 4.18. The normalized spacial score (nSPS) is 28.5. The van der Waals surface area contributed by atoms with Gasteiger partial charge in [0.2, 0.25) is 0 Å². The van der Waals surface area contributed by atoms with Crippen molar-refractivity contribution in [2.75, 3.05) is 13.6 Å². The number of hydrogen-bond acceptors (Lipinski definition) is 4. The van der Waals surface area contributed by atoms with Crippen LogP contribution in [0.3, 0.4) is 0 Å². The molecular formula is C9H18N2O2. The zero-order valence-corrected chi connectivity index (χ0v) is 8.08. The highest BCUT2D eigenvalue weighted by atomic mass is 16.5. The van der Waals surface area contributed by atoms with Gasteiger partial charge in [-0.15, -0.1) is 0 Å². The molecule has 0 amide bonds. The highest BCUT2D eigenvalue weighted by Gasteiger charge is 2.26. The molecule has 4 nitrogen and oxygen atoms in total. The summed E-state index contributed by atoms with van der Waals surface area (Å²) >= 11 is 0. The van der Waals surface area contributed by atoms with Gasteiger partial charge in [-0.25, -0.2) is 0 Å². The van der Waals surface area contributed by atoms with Gasteiger partial charge in [-0.2, -0.15) is 0 Å². The largest absolute Gasteiger partial charge is 0.460 e. The van der Waals surface area contributed by atoms with Crippen LogP contribution in [0.5, 0.6) is 0 Å². The summed E-state index contributed by atoms with van der Waals surface area (Å²) in [7, 11) is 1.90. The number of hydrogen-bond donors (Lipinski definition) is 2. The average Bonchev–Trinajstić information content (AvgIpc) is 2.18. The van der Waals surface area contributed by atoms with Gasteiger partial charge >= 0.3 is 5.97 Å². The smallest absolute Gasteiger partial charge is 0.320 e. The molecule has 0 aliphatic heterocycles. The molecule has 76 valence electrons. The Morgan fingerprint density at radius 3 is 2.85 bits per heavy atom. The maximum Gasteiger partial charge on any atom is 0.320 e. The van der Waals surface area contributed by atoms with Crippen molar-refractivity contribution < 1.29 is 9.53 Å². The first-order valence-electron chi connectivity index (χ1n) is 4.84. The molecule has 0 heterocycles. The van der Waals surface area contributed by atoms with Crippen LogP contribution in [-0.2, 0) is 9.53 Å². The Labute approximate surface area is 78.8 Å². The number of likely N-dealkylation sites (N-methyl/N-ethyl adjacent to an activating group) is 1. The molecule has 0 saturated heterocycles. The topological polar surface area (TPSA) is 64.3 Å². The molecule has 0 aromatic rings. The van der Waals surface area contributed by atoms with E-state index >= 15 is 0 Å². The fourth-order valence-electron chi connectivity index (χ4n) is 1.79. The molecule has 3 N–H and O–H groups in total. The van der Waals surface area contributed by atoms with Gasteiger partial charge in [-0.3, -0.25) is 4.79 Å². The quantitative estimate of drug-likeness (QED) is 0.610. The first kappa shape index (κ1) is 10.5. The van der Waals surface area contributed by atoms with Gasteiger partial charge in [0.15, 0.2) is 0 Å². The van der Waals surface area contributed by atoms with E-state index < -0.39 is 0 Å². The van der Waals surface area contributed by atoms with Gasteiger partial charge in [0.1, 0.15) is 6.10 Å². The van der Waals surface area contributed by atoms with Crippen LogP contribution in [0.15, 0.2) is 0 Å². The van der Waals surface area contributed by atoms with Gasteiger partial charge in [-0.1, -0.05) is 6.42 Å². The zero-order valence-electron chi connectivity index (χ0n) is 8.08. The summed E-state index contributed by atoms with van der Waals surface area (Å²) in [5.41, 5.74) is 5.18. The van der Waals surface area contributed by atoms with Gasteiger partial charge < -0.3 is 15.8 Å². The second kappa shape index (κ2) is 5.19. The molecule has 1 fully saturated rings. The lowest BCUT2D eigenvalue weighted by Gasteiger charge is -2.30. The first-order valence-corrected chi connectivity index (χ1v) is 4.84. The van der Waals surface area contributed by atoms with Crippen LogP contribution in [0, 0.1) is 0 Å². The van der Waals surface area contributed by atoms with Crippen LogP contribution in [0.2, 0.25) is 0 Å². The van der Waals surface area contributed by atoms with Gasteiger partial charge in [0.05, 0.1) is 6.54 Å². The highest BCUT2D eigenvalue weighted by Crippen LogP contribution is 2.20. The fourth-order valence-corrected chi connectivity index (χ4v) is 1.79. The van der Waals surface area contributed by atoms with E-state index in [1.54, 1.807) is 0 Å². The van der Waals surface area contributed by atoms with E-state index in [2.05, 4.69) is 5.32 Å². The third-order valence-electron chi connectivity index (χ3n) is 2.52. The van der Waals surface area contributed by atoms with E-state index in [0.717, 1.165) is 19.3 Å². The Morgan fingerprint density at radius 2 is 2.23 bits per heavy atom. The Morgan fingerprint density at radius 1 is 1.54 bits per heavy atom. The van der Waals surface area contributed by atoms with E-state index in [-0.39, 0.29) is 18.6 Å². The monoisotopic (exact) mass is 186 g/mol. The lowest BCUT2D eigenvalue weighted by Crippen LogP contribution is -2.43. The maximum absolute atomic E-state index is 11.0. The first-order chi connectivity index (χ1) is 6.27. The van der Waals surface area contributed by atoms with Crippen LogP contribution in [-0.4, -0.2) is 31.7 Å². The molecule has 2 unspecified atom stereocenters. The van der Waals surface area contributed by atoms with E-state index in [1.807, 2.05) is 7.05 Å². The molecule has 0 aromatic heterocycles. The minimum absolute atomic E-state index is 0.0209. The van der Waals surface area contributed by atoms with Crippen molar-refractivity contribution in [2.45, 2.75) is 37.8 Å². The summed E-state index contributed by atoms with van der Waals surface area (Å²) in [5, 5.41) is 3.17. The summed E-state index contributed by atoms with van der Waals surface area (Å²) in [6.07, 6.45) is 4.41. The summed E-state index contributed by atoms with van der Waals surface area (Å²) in [6.45, 7) is -0.0209. The number of carbonyl (C=O) groups excluding carboxylic acids is 1. The molecule has 1 aliphatic carbocycles. The van der Waals surface area contributed by atoms with E-state index in [4.69, 9.17) is 10.5 Å². The molecule has 4 heteroatoms. The Bertz CT molecular complexity index is 173. The van der Waals surface area contributed by atoms with Crippen molar-refractivity contribution in [3.8, 4) is 0 Å². The number of carbonyl (C=O) groups is 1. The van der Waals surface area contributed by atoms with Crippen LogP contribution in [0.4, 0.5) is 0 Å². The molecule has 0 spiro atoms. The summed E-state index contributed by atoms with van der Waals surface area (Å²) in [4.78, 5) is 11.0. The van der Waals surface area contributed by atoms with Crippen LogP contribution in [0.25, 0.3) is 0 Å². The molecule has 1 rings (SSSR count). The summed E-state index contributed by atoms with van der Waals surface area (Å²) in [5.74, 6) is -0.299. The van der Waals surface area contributed by atoms with Crippen molar-refractivity contribution >= 4 is 5.97 Å². The van der Waals surface area contributed by atoms with Gasteiger partial charge in [0, 0.05) is 6.04 Å². The van der Waals surface area contributed by atoms with Crippen LogP contribution in [0.1, 0.15) is 25.7 Å². The van der Waals surface area contributed by atoms with E-state index in [9.17, 15) is 4.79 Å². The van der Waals surface area contributed by atoms with Crippen molar-refractivity contribution in [3.05, 3.63) is 0 Å². The summed E-state index contributed by atoms with van der Waals surface area (Å²) < 4.78 is 5.22. The maximum atomic E-state index is 11.0. The Hall–Kier alpha value is -0.610. The SMILES string of the molecule is CNC1CCCCC1OC(=O)CN. The second-order valence-electron chi connectivity index (χ2n) is 3.41. The molecule has 0 bridgehead atoms. The van der Waals surface area contributed by atoms with Crippen molar-refractivity contribution in [1.29, 1.82) is 0 Å². The van der Waals surface area contributed by atoms with E-state index in [0.29, 0.717) is 6.04 Å². The minimum atomic E-state index is -0.299. The molecule has 0 radical (unpaired) electrons. The number of nitrogens with one attached hydrogen (secondary N) is 1. The lowest BCUT2D eigenvalue weighted by molar-refractivity contribution is -0.150. The van der Waals surface area contributed by atoms with Crippen molar-refractivity contribution in [3.63, 3.8) is 0 Å². The fraction of sp³-hybridized carbons (Fsp3) is 0.889. The standard InChI is InChI=1S/C9H18N2O2/c1-11-7-4-2-3-5-8(7)13-9(12)6-10/h7-8,11H,2-6,10H2,1H3. The predicted molar refractivity (Wildman–Crippen MR) is 50.3 cm³/mol. The predicted octanol–water partition coefficient (Wildman–Crippen LogP) is 0.0189. The highest BCUT2D eigenvalue weighted by molar-refractivity contribution is 5.71. The molecule has 0 aromatic carbocycles.